The molecule has 0 aliphatic carbocycles. The highest BCUT2D eigenvalue weighted by atomic mass is 16.1. The molecule has 4 nitrogen and oxygen atoms in total. The van der Waals surface area contributed by atoms with Gasteiger partial charge in [-0.2, -0.15) is 0 Å². The molecule has 13 heavy (non-hydrogen) atoms. The summed E-state index contributed by atoms with van der Waals surface area (Å²) in [4.78, 5) is 20.6. The number of anilines is 1. The van der Waals surface area contributed by atoms with E-state index in [1.165, 1.54) is 6.20 Å². The standard InChI is InChI=1S/C9H13N3O/c1-7(2)12(3)9-8(6-13)10-4-5-11-9/h4-7H,1-3H3. The zero-order valence-electron chi connectivity index (χ0n) is 8.06. The SMILES string of the molecule is CC(C)N(C)c1nccnc1C=O. The Labute approximate surface area is 77.6 Å². The molecule has 0 aliphatic heterocycles. The van der Waals surface area contributed by atoms with Gasteiger partial charge in [0.25, 0.3) is 0 Å². The van der Waals surface area contributed by atoms with Gasteiger partial charge in [0.15, 0.2) is 12.1 Å². The topological polar surface area (TPSA) is 46.1 Å². The summed E-state index contributed by atoms with van der Waals surface area (Å²) in [5, 5.41) is 0. The summed E-state index contributed by atoms with van der Waals surface area (Å²) >= 11 is 0. The van der Waals surface area contributed by atoms with Crippen molar-refractivity contribution in [3.63, 3.8) is 0 Å². The minimum absolute atomic E-state index is 0.301. The van der Waals surface area contributed by atoms with Gasteiger partial charge in [-0.25, -0.2) is 9.97 Å². The van der Waals surface area contributed by atoms with Crippen molar-refractivity contribution in [3.05, 3.63) is 18.1 Å². The van der Waals surface area contributed by atoms with Crippen LogP contribution in [0, 0.1) is 0 Å². The van der Waals surface area contributed by atoms with Crippen LogP contribution in [0.15, 0.2) is 12.4 Å². The van der Waals surface area contributed by atoms with Crippen LogP contribution in [-0.4, -0.2) is 29.3 Å². The summed E-state index contributed by atoms with van der Waals surface area (Å²) in [5.74, 6) is 0.632. The minimum Gasteiger partial charge on any atom is -0.355 e. The minimum atomic E-state index is 0.301. The fraction of sp³-hybridized carbons (Fsp3) is 0.444. The Morgan fingerprint density at radius 2 is 2.00 bits per heavy atom. The van der Waals surface area contributed by atoms with E-state index in [1.54, 1.807) is 6.20 Å². The van der Waals surface area contributed by atoms with Crippen LogP contribution in [-0.2, 0) is 0 Å². The van der Waals surface area contributed by atoms with Crippen molar-refractivity contribution < 1.29 is 4.79 Å². The van der Waals surface area contributed by atoms with Gasteiger partial charge in [-0.05, 0) is 13.8 Å². The average Bonchev–Trinajstić information content (AvgIpc) is 2.16. The Morgan fingerprint density at radius 3 is 2.54 bits per heavy atom. The Balaban J connectivity index is 3.05. The zero-order valence-corrected chi connectivity index (χ0v) is 8.06. The van der Waals surface area contributed by atoms with Gasteiger partial charge in [0.2, 0.25) is 0 Å². The lowest BCUT2D eigenvalue weighted by Gasteiger charge is -2.22. The van der Waals surface area contributed by atoms with Gasteiger partial charge in [0, 0.05) is 25.5 Å². The van der Waals surface area contributed by atoms with Gasteiger partial charge >= 0.3 is 0 Å². The molecule has 0 fully saturated rings. The summed E-state index contributed by atoms with van der Waals surface area (Å²) in [6.07, 6.45) is 3.82. The summed E-state index contributed by atoms with van der Waals surface area (Å²) in [5.41, 5.74) is 0.388. The van der Waals surface area contributed by atoms with E-state index in [1.807, 2.05) is 25.8 Å². The van der Waals surface area contributed by atoms with Crippen LogP contribution < -0.4 is 4.90 Å². The molecule has 0 bridgehead atoms. The molecule has 0 N–H and O–H groups in total. The summed E-state index contributed by atoms with van der Waals surface area (Å²) < 4.78 is 0. The number of hydrogen-bond donors (Lipinski definition) is 0. The first kappa shape index (κ1) is 9.64. The summed E-state index contributed by atoms with van der Waals surface area (Å²) in [7, 11) is 1.89. The van der Waals surface area contributed by atoms with E-state index >= 15 is 0 Å². The third-order valence-electron chi connectivity index (χ3n) is 1.93. The van der Waals surface area contributed by atoms with E-state index in [9.17, 15) is 4.79 Å². The maximum Gasteiger partial charge on any atom is 0.172 e. The van der Waals surface area contributed by atoms with E-state index in [0.717, 1.165) is 6.29 Å². The van der Waals surface area contributed by atoms with Crippen LogP contribution in [0.3, 0.4) is 0 Å². The number of hydrogen-bond acceptors (Lipinski definition) is 4. The molecule has 0 saturated heterocycles. The predicted molar refractivity (Wildman–Crippen MR) is 51.0 cm³/mol. The lowest BCUT2D eigenvalue weighted by atomic mass is 10.3. The highest BCUT2D eigenvalue weighted by molar-refractivity contribution is 5.79. The second kappa shape index (κ2) is 3.98. The number of aromatic nitrogens is 2. The largest absolute Gasteiger partial charge is 0.355 e. The van der Waals surface area contributed by atoms with E-state index < -0.39 is 0 Å². The number of aldehydes is 1. The molecule has 0 amide bonds. The Morgan fingerprint density at radius 1 is 1.38 bits per heavy atom. The van der Waals surface area contributed by atoms with Crippen molar-refractivity contribution in [1.82, 2.24) is 9.97 Å². The molecule has 0 aromatic carbocycles. The second-order valence-electron chi connectivity index (χ2n) is 3.09. The molecule has 0 unspecified atom stereocenters. The van der Waals surface area contributed by atoms with Crippen LogP contribution >= 0.6 is 0 Å². The van der Waals surface area contributed by atoms with Gasteiger partial charge < -0.3 is 4.90 Å². The molecule has 1 aromatic heterocycles. The molecular formula is C9H13N3O. The van der Waals surface area contributed by atoms with E-state index in [4.69, 9.17) is 0 Å². The number of nitrogens with zero attached hydrogens (tertiary/aromatic N) is 3. The highest BCUT2D eigenvalue weighted by Gasteiger charge is 2.11. The van der Waals surface area contributed by atoms with Gasteiger partial charge in [0.05, 0.1) is 0 Å². The van der Waals surface area contributed by atoms with Crippen molar-refractivity contribution >= 4 is 12.1 Å². The predicted octanol–water partition coefficient (Wildman–Crippen LogP) is 1.13. The quantitative estimate of drug-likeness (QED) is 0.652. The van der Waals surface area contributed by atoms with Gasteiger partial charge in [0.1, 0.15) is 5.69 Å². The Bertz CT molecular complexity index is 299. The van der Waals surface area contributed by atoms with E-state index in [0.29, 0.717) is 17.6 Å². The Hall–Kier alpha value is -1.45. The van der Waals surface area contributed by atoms with Crippen molar-refractivity contribution in [2.75, 3.05) is 11.9 Å². The van der Waals surface area contributed by atoms with Crippen molar-refractivity contribution in [2.45, 2.75) is 19.9 Å². The van der Waals surface area contributed by atoms with Gasteiger partial charge in [-0.3, -0.25) is 4.79 Å². The molecule has 0 saturated carbocycles. The lowest BCUT2D eigenvalue weighted by molar-refractivity contribution is 0.111. The maximum absolute atomic E-state index is 10.6. The third-order valence-corrected chi connectivity index (χ3v) is 1.93. The first-order valence-electron chi connectivity index (χ1n) is 4.16. The second-order valence-corrected chi connectivity index (χ2v) is 3.09. The molecule has 1 aromatic rings. The molecule has 1 heterocycles. The van der Waals surface area contributed by atoms with Crippen LogP contribution in [0.1, 0.15) is 24.3 Å². The fourth-order valence-corrected chi connectivity index (χ4v) is 0.941. The fourth-order valence-electron chi connectivity index (χ4n) is 0.941. The smallest absolute Gasteiger partial charge is 0.172 e. The van der Waals surface area contributed by atoms with Gasteiger partial charge in [-0.1, -0.05) is 0 Å². The van der Waals surface area contributed by atoms with Crippen LogP contribution in [0.5, 0.6) is 0 Å². The third kappa shape index (κ3) is 2.02. The van der Waals surface area contributed by atoms with Crippen molar-refractivity contribution in [2.24, 2.45) is 0 Å². The van der Waals surface area contributed by atoms with Crippen LogP contribution in [0.4, 0.5) is 5.82 Å². The van der Waals surface area contributed by atoms with Crippen LogP contribution in [0.25, 0.3) is 0 Å². The zero-order chi connectivity index (χ0) is 9.84. The summed E-state index contributed by atoms with van der Waals surface area (Å²) in [6.45, 7) is 4.06. The van der Waals surface area contributed by atoms with Crippen molar-refractivity contribution in [3.8, 4) is 0 Å². The molecular weight excluding hydrogens is 166 g/mol. The Kier molecular flexibility index (Phi) is 2.95. The highest BCUT2D eigenvalue weighted by Crippen LogP contribution is 2.13. The lowest BCUT2D eigenvalue weighted by Crippen LogP contribution is -2.27. The number of carbonyl (C=O) groups is 1. The molecule has 1 rings (SSSR count). The van der Waals surface area contributed by atoms with E-state index in [2.05, 4.69) is 9.97 Å². The normalized spacial score (nSPS) is 10.2. The monoisotopic (exact) mass is 179 g/mol. The summed E-state index contributed by atoms with van der Waals surface area (Å²) in [6, 6.07) is 0.301. The number of carbonyl (C=O) groups excluding carboxylic acids is 1. The van der Waals surface area contributed by atoms with Gasteiger partial charge in [-0.15, -0.1) is 0 Å². The average molecular weight is 179 g/mol. The molecule has 4 heteroatoms. The molecule has 0 radical (unpaired) electrons. The first-order valence-corrected chi connectivity index (χ1v) is 4.16. The van der Waals surface area contributed by atoms with E-state index in [-0.39, 0.29) is 0 Å². The molecule has 0 atom stereocenters. The number of rotatable bonds is 3. The molecule has 0 aliphatic rings. The molecule has 0 spiro atoms. The van der Waals surface area contributed by atoms with Crippen LogP contribution in [0.2, 0.25) is 0 Å². The maximum atomic E-state index is 10.6. The molecule has 70 valence electrons. The first-order chi connectivity index (χ1) is 6.16. The van der Waals surface area contributed by atoms with Crippen molar-refractivity contribution in [1.29, 1.82) is 0 Å².